The van der Waals surface area contributed by atoms with E-state index in [0.717, 1.165) is 0 Å². The molecule has 0 radical (unpaired) electrons. The molecule has 0 atom stereocenters. The van der Waals surface area contributed by atoms with Gasteiger partial charge in [0, 0.05) is 0 Å². The van der Waals surface area contributed by atoms with Gasteiger partial charge in [-0.1, -0.05) is 23.2 Å². The van der Waals surface area contributed by atoms with Crippen molar-refractivity contribution in [2.45, 2.75) is 0 Å². The molecule has 0 saturated heterocycles. The molecular weight excluding hydrogens is 167 g/mol. The summed E-state index contributed by atoms with van der Waals surface area (Å²) in [6.07, 6.45) is -0.113. The van der Waals surface area contributed by atoms with Gasteiger partial charge in [-0.05, 0) is 6.08 Å². The summed E-state index contributed by atoms with van der Waals surface area (Å²) in [6, 6.07) is 0. The summed E-state index contributed by atoms with van der Waals surface area (Å²) in [5.41, 5.74) is 0. The Kier molecular flexibility index (Phi) is 4.26. The van der Waals surface area contributed by atoms with Crippen LogP contribution in [0.25, 0.3) is 0 Å². The molecule has 0 aliphatic rings. The van der Waals surface area contributed by atoms with E-state index in [1.165, 1.54) is 6.08 Å². The van der Waals surface area contributed by atoms with Gasteiger partial charge < -0.3 is 9.84 Å². The van der Waals surface area contributed by atoms with Gasteiger partial charge in [-0.3, -0.25) is 0 Å². The minimum atomic E-state index is -1.35. The Morgan fingerprint density at radius 1 is 1.67 bits per heavy atom. The van der Waals surface area contributed by atoms with Gasteiger partial charge in [-0.2, -0.15) is 0 Å². The molecule has 5 heteroatoms. The number of carboxylic acid groups (broad SMARTS) is 1. The molecule has 0 aromatic rings. The minimum Gasteiger partial charge on any atom is -0.450 e. The first-order chi connectivity index (χ1) is 4.13. The van der Waals surface area contributed by atoms with Crippen LogP contribution in [0.2, 0.25) is 0 Å². The van der Waals surface area contributed by atoms with Crippen LogP contribution in [0.15, 0.2) is 10.6 Å². The molecule has 0 amide bonds. The highest BCUT2D eigenvalue weighted by Crippen LogP contribution is 2.04. The van der Waals surface area contributed by atoms with Crippen molar-refractivity contribution in [3.05, 3.63) is 10.6 Å². The SMILES string of the molecule is O=C(O)OCC=C(Cl)Cl. The van der Waals surface area contributed by atoms with Crippen molar-refractivity contribution < 1.29 is 14.6 Å². The van der Waals surface area contributed by atoms with E-state index >= 15 is 0 Å². The average Bonchev–Trinajstić information content (AvgIpc) is 1.63. The monoisotopic (exact) mass is 170 g/mol. The lowest BCUT2D eigenvalue weighted by atomic mass is 10.7. The van der Waals surface area contributed by atoms with Crippen LogP contribution < -0.4 is 0 Å². The maximum absolute atomic E-state index is 9.64. The highest BCUT2D eigenvalue weighted by Gasteiger charge is 1.91. The highest BCUT2D eigenvalue weighted by atomic mass is 35.5. The second-order valence-corrected chi connectivity index (χ2v) is 2.08. The van der Waals surface area contributed by atoms with Crippen LogP contribution in [0.5, 0.6) is 0 Å². The molecular formula is C4H4Cl2O3. The molecule has 0 heterocycles. The Balaban J connectivity index is 3.31. The van der Waals surface area contributed by atoms with Gasteiger partial charge in [0.05, 0.1) is 0 Å². The van der Waals surface area contributed by atoms with E-state index in [4.69, 9.17) is 28.3 Å². The maximum Gasteiger partial charge on any atom is 0.506 e. The van der Waals surface area contributed by atoms with Crippen LogP contribution in [0.3, 0.4) is 0 Å². The van der Waals surface area contributed by atoms with E-state index in [1.807, 2.05) is 0 Å². The Labute approximate surface area is 61.8 Å². The topological polar surface area (TPSA) is 46.5 Å². The average molecular weight is 171 g/mol. The lowest BCUT2D eigenvalue weighted by Gasteiger charge is -1.91. The third-order valence-corrected chi connectivity index (χ3v) is 0.753. The summed E-state index contributed by atoms with van der Waals surface area (Å²) in [6.45, 7) is -0.113. The van der Waals surface area contributed by atoms with E-state index < -0.39 is 6.16 Å². The normalized spacial score (nSPS) is 8.22. The first-order valence-corrected chi connectivity index (χ1v) is 2.75. The third-order valence-electron chi connectivity index (χ3n) is 0.444. The van der Waals surface area contributed by atoms with E-state index in [2.05, 4.69) is 4.74 Å². The number of hydrogen-bond acceptors (Lipinski definition) is 2. The molecule has 0 aliphatic carbocycles. The zero-order valence-corrected chi connectivity index (χ0v) is 5.82. The molecule has 1 N–H and O–H groups in total. The van der Waals surface area contributed by atoms with Gasteiger partial charge in [-0.25, -0.2) is 4.79 Å². The van der Waals surface area contributed by atoms with Gasteiger partial charge >= 0.3 is 6.16 Å². The van der Waals surface area contributed by atoms with E-state index in [9.17, 15) is 4.79 Å². The molecule has 0 unspecified atom stereocenters. The molecule has 0 aromatic heterocycles. The smallest absolute Gasteiger partial charge is 0.450 e. The van der Waals surface area contributed by atoms with Gasteiger partial charge in [-0.15, -0.1) is 0 Å². The van der Waals surface area contributed by atoms with Crippen LogP contribution in [0.4, 0.5) is 4.79 Å². The zero-order chi connectivity index (χ0) is 7.28. The molecule has 9 heavy (non-hydrogen) atoms. The van der Waals surface area contributed by atoms with Crippen LogP contribution >= 0.6 is 23.2 Å². The molecule has 0 fully saturated rings. The minimum absolute atomic E-state index is 0.00347. The van der Waals surface area contributed by atoms with E-state index in [0.29, 0.717) is 0 Å². The Bertz CT molecular complexity index is 128. The Morgan fingerprint density at radius 3 is 2.56 bits per heavy atom. The summed E-state index contributed by atoms with van der Waals surface area (Å²) in [4.78, 5) is 9.64. The van der Waals surface area contributed by atoms with E-state index in [-0.39, 0.29) is 11.1 Å². The van der Waals surface area contributed by atoms with Gasteiger partial charge in [0.1, 0.15) is 11.1 Å². The zero-order valence-electron chi connectivity index (χ0n) is 4.30. The summed E-state index contributed by atoms with van der Waals surface area (Å²) in [5, 5.41) is 7.89. The lowest BCUT2D eigenvalue weighted by molar-refractivity contribution is 0.102. The van der Waals surface area contributed by atoms with Crippen LogP contribution in [-0.2, 0) is 4.74 Å². The lowest BCUT2D eigenvalue weighted by Crippen LogP contribution is -1.98. The van der Waals surface area contributed by atoms with Crippen molar-refractivity contribution in [2.24, 2.45) is 0 Å². The van der Waals surface area contributed by atoms with Gasteiger partial charge in [0.15, 0.2) is 0 Å². The number of hydrogen-bond donors (Lipinski definition) is 1. The molecule has 0 rings (SSSR count). The molecule has 0 aliphatic heterocycles. The molecule has 0 spiro atoms. The first-order valence-electron chi connectivity index (χ1n) is 2.00. The third kappa shape index (κ3) is 7.59. The van der Waals surface area contributed by atoms with Gasteiger partial charge in [0.2, 0.25) is 0 Å². The predicted octanol–water partition coefficient (Wildman–Crippen LogP) is 2.00. The summed E-state index contributed by atoms with van der Waals surface area (Å²) >= 11 is 10.2. The molecule has 0 saturated carbocycles. The number of ether oxygens (including phenoxy) is 1. The van der Waals surface area contributed by atoms with Crippen LogP contribution in [0.1, 0.15) is 0 Å². The van der Waals surface area contributed by atoms with Gasteiger partial charge in [0.25, 0.3) is 0 Å². The number of carbonyl (C=O) groups is 1. The fraction of sp³-hybridized carbons (Fsp3) is 0.250. The molecule has 0 bridgehead atoms. The standard InChI is InChI=1S/C4H4Cl2O3/c5-3(6)1-2-9-4(7)8/h1H,2H2,(H,7,8). The Morgan fingerprint density at radius 2 is 2.22 bits per heavy atom. The van der Waals surface area contributed by atoms with Crippen molar-refractivity contribution in [1.29, 1.82) is 0 Å². The molecule has 0 aromatic carbocycles. The largest absolute Gasteiger partial charge is 0.506 e. The van der Waals surface area contributed by atoms with Crippen molar-refractivity contribution >= 4 is 29.4 Å². The second-order valence-electron chi connectivity index (χ2n) is 1.07. The Hall–Kier alpha value is -0.410. The fourth-order valence-electron chi connectivity index (χ4n) is 0.176. The molecule has 52 valence electrons. The predicted molar refractivity (Wildman–Crippen MR) is 33.8 cm³/mol. The quantitative estimate of drug-likeness (QED) is 0.646. The summed E-state index contributed by atoms with van der Waals surface area (Å²) in [7, 11) is 0. The maximum atomic E-state index is 9.64. The van der Waals surface area contributed by atoms with Crippen molar-refractivity contribution in [3.8, 4) is 0 Å². The van der Waals surface area contributed by atoms with Crippen molar-refractivity contribution in [2.75, 3.05) is 6.61 Å². The number of rotatable bonds is 2. The first kappa shape index (κ1) is 8.59. The molecule has 3 nitrogen and oxygen atoms in total. The van der Waals surface area contributed by atoms with Crippen LogP contribution in [-0.4, -0.2) is 17.9 Å². The van der Waals surface area contributed by atoms with Crippen molar-refractivity contribution in [1.82, 2.24) is 0 Å². The highest BCUT2D eigenvalue weighted by molar-refractivity contribution is 6.55. The van der Waals surface area contributed by atoms with Crippen molar-refractivity contribution in [3.63, 3.8) is 0 Å². The van der Waals surface area contributed by atoms with E-state index in [1.54, 1.807) is 0 Å². The fourth-order valence-corrected chi connectivity index (χ4v) is 0.302. The van der Waals surface area contributed by atoms with Crippen LogP contribution in [0, 0.1) is 0 Å². The summed E-state index contributed by atoms with van der Waals surface area (Å²) < 4.78 is 4.02. The number of halogens is 2. The summed E-state index contributed by atoms with van der Waals surface area (Å²) in [5.74, 6) is 0. The second kappa shape index (κ2) is 4.47.